The van der Waals surface area contributed by atoms with Crippen molar-refractivity contribution in [3.05, 3.63) is 70.5 Å². The molecule has 0 aliphatic heterocycles. The third-order valence-electron chi connectivity index (χ3n) is 4.62. The summed E-state index contributed by atoms with van der Waals surface area (Å²) in [5.41, 5.74) is 2.81. The average Bonchev–Trinajstić information content (AvgIpc) is 2.60. The predicted octanol–water partition coefficient (Wildman–Crippen LogP) is 3.65. The molecule has 1 aliphatic rings. The van der Waals surface area contributed by atoms with E-state index in [0.29, 0.717) is 12.0 Å². The van der Waals surface area contributed by atoms with Crippen molar-refractivity contribution in [3.8, 4) is 0 Å². The highest BCUT2D eigenvalue weighted by Gasteiger charge is 2.22. The molecule has 0 saturated heterocycles. The molecule has 0 saturated carbocycles. The number of fused-ring (bicyclic) bond motifs is 1. The molecule has 2 aromatic rings. The lowest BCUT2D eigenvalue weighted by atomic mass is 9.87. The number of amides is 1. The first-order valence-electron chi connectivity index (χ1n) is 8.43. The van der Waals surface area contributed by atoms with E-state index in [4.69, 9.17) is 0 Å². The van der Waals surface area contributed by atoms with Gasteiger partial charge in [0.1, 0.15) is 5.82 Å². The van der Waals surface area contributed by atoms with Gasteiger partial charge in [-0.15, -0.1) is 0 Å². The van der Waals surface area contributed by atoms with E-state index in [1.54, 1.807) is 30.3 Å². The van der Waals surface area contributed by atoms with Crippen molar-refractivity contribution in [2.45, 2.75) is 38.1 Å². The van der Waals surface area contributed by atoms with Gasteiger partial charge in [-0.25, -0.2) is 9.18 Å². The number of carbonyl (C=O) groups excluding carboxylic acids is 1. The number of hydrogen-bond acceptors (Lipinski definition) is 2. The largest absolute Gasteiger partial charge is 0.478 e. The van der Waals surface area contributed by atoms with Crippen LogP contribution in [0.3, 0.4) is 0 Å². The van der Waals surface area contributed by atoms with E-state index < -0.39 is 5.97 Å². The fraction of sp³-hybridized carbons (Fsp3) is 0.300. The van der Waals surface area contributed by atoms with Crippen molar-refractivity contribution >= 4 is 11.9 Å². The first-order chi connectivity index (χ1) is 12.0. The Labute approximate surface area is 145 Å². The summed E-state index contributed by atoms with van der Waals surface area (Å²) in [5, 5.41) is 12.2. The molecule has 25 heavy (non-hydrogen) atoms. The van der Waals surface area contributed by atoms with Crippen molar-refractivity contribution in [3.63, 3.8) is 0 Å². The Hall–Kier alpha value is -2.69. The number of hydrogen-bond donors (Lipinski definition) is 2. The van der Waals surface area contributed by atoms with Gasteiger partial charge in [0.05, 0.1) is 11.6 Å². The molecule has 1 unspecified atom stereocenters. The molecule has 0 bridgehead atoms. The van der Waals surface area contributed by atoms with Gasteiger partial charge in [-0.1, -0.05) is 24.3 Å². The molecule has 0 fully saturated rings. The number of carboxylic acid groups (broad SMARTS) is 1. The molecule has 1 atom stereocenters. The van der Waals surface area contributed by atoms with Crippen LogP contribution in [0.4, 0.5) is 4.39 Å². The topological polar surface area (TPSA) is 66.4 Å². The summed E-state index contributed by atoms with van der Waals surface area (Å²) >= 11 is 0. The monoisotopic (exact) mass is 341 g/mol. The minimum Gasteiger partial charge on any atom is -0.478 e. The Bertz CT molecular complexity index is 803. The summed E-state index contributed by atoms with van der Waals surface area (Å²) in [7, 11) is 0. The van der Waals surface area contributed by atoms with E-state index in [0.717, 1.165) is 30.4 Å². The number of nitrogens with one attached hydrogen (secondary N) is 1. The highest BCUT2D eigenvalue weighted by molar-refractivity contribution is 5.89. The quantitative estimate of drug-likeness (QED) is 0.872. The Kier molecular flexibility index (Phi) is 5.12. The molecule has 130 valence electrons. The maximum absolute atomic E-state index is 13.4. The van der Waals surface area contributed by atoms with E-state index in [2.05, 4.69) is 5.32 Å². The lowest BCUT2D eigenvalue weighted by Gasteiger charge is -2.26. The summed E-state index contributed by atoms with van der Waals surface area (Å²) in [5.74, 6) is -1.36. The standard InChI is InChI=1S/C20H20FNO3/c21-15-9-10-16-14(12-15)5-3-7-18(16)22-19(23)11-8-13-4-1-2-6-17(13)20(24)25/h1-2,4,6,9-10,12,18H,3,5,7-8,11H2,(H,22,23)(H,24,25). The third-order valence-corrected chi connectivity index (χ3v) is 4.62. The maximum Gasteiger partial charge on any atom is 0.335 e. The van der Waals surface area contributed by atoms with Crippen molar-refractivity contribution in [2.75, 3.05) is 0 Å². The number of halogens is 1. The molecular weight excluding hydrogens is 321 g/mol. The summed E-state index contributed by atoms with van der Waals surface area (Å²) in [4.78, 5) is 23.5. The molecule has 4 nitrogen and oxygen atoms in total. The molecule has 0 heterocycles. The normalized spacial score (nSPS) is 16.1. The fourth-order valence-electron chi connectivity index (χ4n) is 3.39. The van der Waals surface area contributed by atoms with E-state index in [1.807, 2.05) is 0 Å². The molecule has 2 N–H and O–H groups in total. The van der Waals surface area contributed by atoms with Gasteiger partial charge in [0.25, 0.3) is 0 Å². The van der Waals surface area contributed by atoms with Gasteiger partial charge in [-0.05, 0) is 60.6 Å². The second-order valence-corrected chi connectivity index (χ2v) is 6.32. The van der Waals surface area contributed by atoms with Crippen molar-refractivity contribution in [1.29, 1.82) is 0 Å². The van der Waals surface area contributed by atoms with Crippen LogP contribution in [0, 0.1) is 5.82 Å². The maximum atomic E-state index is 13.4. The van der Waals surface area contributed by atoms with Crippen molar-refractivity contribution in [1.82, 2.24) is 5.32 Å². The first-order valence-corrected chi connectivity index (χ1v) is 8.43. The average molecular weight is 341 g/mol. The predicted molar refractivity (Wildman–Crippen MR) is 91.9 cm³/mol. The molecule has 1 aliphatic carbocycles. The van der Waals surface area contributed by atoms with Crippen LogP contribution in [0.15, 0.2) is 42.5 Å². The summed E-state index contributed by atoms with van der Waals surface area (Å²) < 4.78 is 13.4. The molecule has 2 aromatic carbocycles. The van der Waals surface area contributed by atoms with Crippen molar-refractivity contribution < 1.29 is 19.1 Å². The highest BCUT2D eigenvalue weighted by atomic mass is 19.1. The number of carbonyl (C=O) groups is 2. The lowest BCUT2D eigenvalue weighted by molar-refractivity contribution is -0.121. The van der Waals surface area contributed by atoms with Crippen LogP contribution < -0.4 is 5.32 Å². The van der Waals surface area contributed by atoms with Crippen LogP contribution in [0.25, 0.3) is 0 Å². The van der Waals surface area contributed by atoms with Gasteiger partial charge in [-0.2, -0.15) is 0 Å². The van der Waals surface area contributed by atoms with Gasteiger partial charge >= 0.3 is 5.97 Å². The SMILES string of the molecule is O=C(CCc1ccccc1C(=O)O)NC1CCCc2cc(F)ccc21. The number of carboxylic acids is 1. The molecule has 0 radical (unpaired) electrons. The number of aromatic carboxylic acids is 1. The zero-order chi connectivity index (χ0) is 17.8. The molecule has 1 amide bonds. The second kappa shape index (κ2) is 7.47. The smallest absolute Gasteiger partial charge is 0.335 e. The van der Waals surface area contributed by atoms with Crippen LogP contribution in [0.2, 0.25) is 0 Å². The Morgan fingerprint density at radius 3 is 2.80 bits per heavy atom. The van der Waals surface area contributed by atoms with Crippen LogP contribution >= 0.6 is 0 Å². The molecule has 5 heteroatoms. The minimum atomic E-state index is -0.987. The summed E-state index contributed by atoms with van der Waals surface area (Å²) in [6, 6.07) is 11.3. The number of benzene rings is 2. The Morgan fingerprint density at radius 1 is 1.20 bits per heavy atom. The van der Waals surface area contributed by atoms with Crippen LogP contribution in [-0.2, 0) is 17.6 Å². The van der Waals surface area contributed by atoms with E-state index in [9.17, 15) is 19.1 Å². The molecular formula is C20H20FNO3. The summed E-state index contributed by atoms with van der Waals surface area (Å²) in [6.45, 7) is 0. The van der Waals surface area contributed by atoms with Gasteiger partial charge < -0.3 is 10.4 Å². The second-order valence-electron chi connectivity index (χ2n) is 6.32. The van der Waals surface area contributed by atoms with E-state index in [-0.39, 0.29) is 29.8 Å². The van der Waals surface area contributed by atoms with Crippen LogP contribution in [0.1, 0.15) is 52.4 Å². The first kappa shape index (κ1) is 17.1. The summed E-state index contributed by atoms with van der Waals surface area (Å²) in [6.07, 6.45) is 3.15. The number of aryl methyl sites for hydroxylation is 2. The Balaban J connectivity index is 1.64. The van der Waals surface area contributed by atoms with Crippen LogP contribution in [-0.4, -0.2) is 17.0 Å². The van der Waals surface area contributed by atoms with Gasteiger partial charge in [-0.3, -0.25) is 4.79 Å². The molecule has 3 rings (SSSR count). The number of rotatable bonds is 5. The van der Waals surface area contributed by atoms with Crippen molar-refractivity contribution in [2.24, 2.45) is 0 Å². The van der Waals surface area contributed by atoms with Gasteiger partial charge in [0, 0.05) is 6.42 Å². The zero-order valence-corrected chi connectivity index (χ0v) is 13.8. The zero-order valence-electron chi connectivity index (χ0n) is 13.8. The highest BCUT2D eigenvalue weighted by Crippen LogP contribution is 2.30. The minimum absolute atomic E-state index is 0.105. The van der Waals surface area contributed by atoms with Crippen LogP contribution in [0.5, 0.6) is 0 Å². The Morgan fingerprint density at radius 2 is 2.00 bits per heavy atom. The molecule has 0 aromatic heterocycles. The third kappa shape index (κ3) is 4.05. The lowest BCUT2D eigenvalue weighted by Crippen LogP contribution is -2.31. The van der Waals surface area contributed by atoms with Gasteiger partial charge in [0.15, 0.2) is 0 Å². The van der Waals surface area contributed by atoms with E-state index >= 15 is 0 Å². The fourth-order valence-corrected chi connectivity index (χ4v) is 3.39. The van der Waals surface area contributed by atoms with Gasteiger partial charge in [0.2, 0.25) is 5.91 Å². The van der Waals surface area contributed by atoms with E-state index in [1.165, 1.54) is 12.1 Å². The molecule has 0 spiro atoms.